The van der Waals surface area contributed by atoms with Crippen molar-refractivity contribution in [1.29, 1.82) is 0 Å². The van der Waals surface area contributed by atoms with Gasteiger partial charge in [-0.3, -0.25) is 0 Å². The lowest BCUT2D eigenvalue weighted by molar-refractivity contribution is 0.0752. The van der Waals surface area contributed by atoms with Crippen LogP contribution in [-0.2, 0) is 11.2 Å². The van der Waals surface area contributed by atoms with Crippen molar-refractivity contribution in [2.45, 2.75) is 12.5 Å². The molecule has 0 saturated heterocycles. The Bertz CT molecular complexity index is 333. The van der Waals surface area contributed by atoms with Crippen molar-refractivity contribution in [3.05, 3.63) is 46.5 Å². The molecule has 1 aliphatic heterocycles. The van der Waals surface area contributed by atoms with Gasteiger partial charge in [0, 0.05) is 4.47 Å². The molecule has 1 aliphatic rings. The van der Waals surface area contributed by atoms with Crippen molar-refractivity contribution in [1.82, 2.24) is 0 Å². The molecule has 0 unspecified atom stereocenters. The van der Waals surface area contributed by atoms with Gasteiger partial charge in [-0.15, -0.1) is 6.58 Å². The van der Waals surface area contributed by atoms with Gasteiger partial charge in [-0.25, -0.2) is 0 Å². The van der Waals surface area contributed by atoms with Crippen LogP contribution in [0.3, 0.4) is 0 Å². The van der Waals surface area contributed by atoms with Crippen molar-refractivity contribution in [3.63, 3.8) is 0 Å². The molecule has 2 rings (SSSR count). The second-order valence-corrected chi connectivity index (χ2v) is 4.04. The van der Waals surface area contributed by atoms with Crippen LogP contribution in [0.4, 0.5) is 0 Å². The van der Waals surface area contributed by atoms with E-state index in [0.717, 1.165) is 17.5 Å². The van der Waals surface area contributed by atoms with Crippen molar-refractivity contribution in [2.24, 2.45) is 0 Å². The lowest BCUT2D eigenvalue weighted by atomic mass is 9.98. The van der Waals surface area contributed by atoms with Crippen LogP contribution >= 0.6 is 15.9 Å². The average molecular weight is 239 g/mol. The van der Waals surface area contributed by atoms with E-state index in [9.17, 15) is 0 Å². The Balaban J connectivity index is 2.45. The van der Waals surface area contributed by atoms with Crippen LogP contribution in [0, 0.1) is 0 Å². The number of benzene rings is 1. The van der Waals surface area contributed by atoms with Gasteiger partial charge in [-0.1, -0.05) is 28.1 Å². The van der Waals surface area contributed by atoms with E-state index in [2.05, 4.69) is 34.6 Å². The fourth-order valence-electron chi connectivity index (χ4n) is 1.65. The van der Waals surface area contributed by atoms with Gasteiger partial charge in [-0.05, 0) is 29.7 Å². The van der Waals surface area contributed by atoms with Gasteiger partial charge in [-0.2, -0.15) is 0 Å². The number of ether oxygens (including phenoxy) is 1. The molecule has 0 saturated carbocycles. The fraction of sp³-hybridized carbons (Fsp3) is 0.273. The standard InChI is InChI=1S/C11H11BrO/c1-2-11-10-4-3-9(12)7-8(10)5-6-13-11/h2-4,7,11H,1,5-6H2/t11-/m0/s1. The SMILES string of the molecule is C=C[C@@H]1OCCc2cc(Br)ccc21. The third-order valence-electron chi connectivity index (χ3n) is 2.29. The van der Waals surface area contributed by atoms with E-state index in [1.165, 1.54) is 11.1 Å². The molecule has 0 bridgehead atoms. The van der Waals surface area contributed by atoms with Crippen molar-refractivity contribution in [2.75, 3.05) is 6.61 Å². The number of hydrogen-bond donors (Lipinski definition) is 0. The number of fused-ring (bicyclic) bond motifs is 1. The summed E-state index contributed by atoms with van der Waals surface area (Å²) in [6.45, 7) is 4.56. The number of rotatable bonds is 1. The molecule has 0 aromatic heterocycles. The highest BCUT2D eigenvalue weighted by Crippen LogP contribution is 2.29. The van der Waals surface area contributed by atoms with Gasteiger partial charge in [0.05, 0.1) is 6.61 Å². The Morgan fingerprint density at radius 2 is 2.38 bits per heavy atom. The first-order chi connectivity index (χ1) is 6.31. The lowest BCUT2D eigenvalue weighted by Gasteiger charge is -2.23. The molecule has 1 atom stereocenters. The predicted octanol–water partition coefficient (Wildman–Crippen LogP) is 3.25. The Morgan fingerprint density at radius 3 is 3.15 bits per heavy atom. The zero-order chi connectivity index (χ0) is 9.26. The Labute approximate surface area is 86.5 Å². The van der Waals surface area contributed by atoms with E-state index in [1.807, 2.05) is 12.1 Å². The Morgan fingerprint density at radius 1 is 1.54 bits per heavy atom. The highest BCUT2D eigenvalue weighted by molar-refractivity contribution is 9.10. The van der Waals surface area contributed by atoms with Gasteiger partial charge < -0.3 is 4.74 Å². The van der Waals surface area contributed by atoms with Crippen LogP contribution in [0.1, 0.15) is 17.2 Å². The van der Waals surface area contributed by atoms with E-state index in [-0.39, 0.29) is 6.10 Å². The molecule has 1 aromatic rings. The molecule has 0 amide bonds. The summed E-state index contributed by atoms with van der Waals surface area (Å²) in [6, 6.07) is 6.31. The molecule has 1 heterocycles. The van der Waals surface area contributed by atoms with Crippen molar-refractivity contribution in [3.8, 4) is 0 Å². The zero-order valence-corrected chi connectivity index (χ0v) is 8.88. The third kappa shape index (κ3) is 1.69. The molecule has 0 fully saturated rings. The number of hydrogen-bond acceptors (Lipinski definition) is 1. The van der Waals surface area contributed by atoms with Gasteiger partial charge >= 0.3 is 0 Å². The monoisotopic (exact) mass is 238 g/mol. The molecule has 1 nitrogen and oxygen atoms in total. The molecule has 1 aromatic carbocycles. The first kappa shape index (κ1) is 8.97. The first-order valence-corrected chi connectivity index (χ1v) is 5.13. The van der Waals surface area contributed by atoms with Crippen LogP contribution in [0.5, 0.6) is 0 Å². The topological polar surface area (TPSA) is 9.23 Å². The van der Waals surface area contributed by atoms with Gasteiger partial charge in [0.2, 0.25) is 0 Å². The van der Waals surface area contributed by atoms with E-state index < -0.39 is 0 Å². The molecule has 0 aliphatic carbocycles. The summed E-state index contributed by atoms with van der Waals surface area (Å²) in [5.74, 6) is 0. The normalized spacial score (nSPS) is 20.8. The van der Waals surface area contributed by atoms with Gasteiger partial charge in [0.15, 0.2) is 0 Å². The predicted molar refractivity (Wildman–Crippen MR) is 56.7 cm³/mol. The summed E-state index contributed by atoms with van der Waals surface area (Å²) >= 11 is 3.47. The molecule has 2 heteroatoms. The number of halogens is 1. The molecule has 68 valence electrons. The van der Waals surface area contributed by atoms with E-state index in [1.54, 1.807) is 0 Å². The third-order valence-corrected chi connectivity index (χ3v) is 2.79. The summed E-state index contributed by atoms with van der Waals surface area (Å²) in [5.41, 5.74) is 2.62. The Hall–Kier alpha value is -0.600. The van der Waals surface area contributed by atoms with Gasteiger partial charge in [0.25, 0.3) is 0 Å². The maximum atomic E-state index is 5.56. The van der Waals surface area contributed by atoms with Crippen LogP contribution in [0.25, 0.3) is 0 Å². The first-order valence-electron chi connectivity index (χ1n) is 4.34. The summed E-state index contributed by atoms with van der Waals surface area (Å²) in [5, 5.41) is 0. The van der Waals surface area contributed by atoms with Crippen molar-refractivity contribution < 1.29 is 4.74 Å². The van der Waals surface area contributed by atoms with Crippen LogP contribution < -0.4 is 0 Å². The highest BCUT2D eigenvalue weighted by atomic mass is 79.9. The minimum absolute atomic E-state index is 0.0804. The quantitative estimate of drug-likeness (QED) is 0.683. The minimum Gasteiger partial charge on any atom is -0.369 e. The van der Waals surface area contributed by atoms with E-state index >= 15 is 0 Å². The maximum absolute atomic E-state index is 5.56. The summed E-state index contributed by atoms with van der Waals surface area (Å²) in [6.07, 6.45) is 2.93. The minimum atomic E-state index is 0.0804. The average Bonchev–Trinajstić information content (AvgIpc) is 2.16. The smallest absolute Gasteiger partial charge is 0.101 e. The second-order valence-electron chi connectivity index (χ2n) is 3.12. The molecular formula is C11H11BrO. The van der Waals surface area contributed by atoms with Crippen molar-refractivity contribution >= 4 is 15.9 Å². The fourth-order valence-corrected chi connectivity index (χ4v) is 2.06. The van der Waals surface area contributed by atoms with E-state index in [0.29, 0.717) is 0 Å². The molecule has 0 radical (unpaired) electrons. The summed E-state index contributed by atoms with van der Waals surface area (Å²) in [7, 11) is 0. The highest BCUT2D eigenvalue weighted by Gasteiger charge is 2.17. The van der Waals surface area contributed by atoms with Crippen LogP contribution in [0.2, 0.25) is 0 Å². The molecule has 0 N–H and O–H groups in total. The summed E-state index contributed by atoms with van der Waals surface area (Å²) < 4.78 is 6.70. The Kier molecular flexibility index (Phi) is 2.51. The molecule has 0 spiro atoms. The van der Waals surface area contributed by atoms with E-state index in [4.69, 9.17) is 4.74 Å². The molecule has 13 heavy (non-hydrogen) atoms. The van der Waals surface area contributed by atoms with Gasteiger partial charge in [0.1, 0.15) is 6.10 Å². The lowest BCUT2D eigenvalue weighted by Crippen LogP contribution is -2.14. The summed E-state index contributed by atoms with van der Waals surface area (Å²) in [4.78, 5) is 0. The van der Waals surface area contributed by atoms with Crippen LogP contribution in [0.15, 0.2) is 35.3 Å². The zero-order valence-electron chi connectivity index (χ0n) is 7.29. The largest absolute Gasteiger partial charge is 0.369 e. The maximum Gasteiger partial charge on any atom is 0.101 e. The second kappa shape index (κ2) is 3.64. The van der Waals surface area contributed by atoms with Crippen LogP contribution in [-0.4, -0.2) is 6.61 Å². The molecular weight excluding hydrogens is 228 g/mol.